The minimum Gasteiger partial charge on any atom is -0.478 e. The molecule has 0 aromatic rings. The van der Waals surface area contributed by atoms with Crippen molar-refractivity contribution in [3.8, 4) is 0 Å². The second-order valence-electron chi connectivity index (χ2n) is 16.6. The maximum atomic E-state index is 9.25. The predicted octanol–water partition coefficient (Wildman–Crippen LogP) is -7.46. The zero-order valence-corrected chi connectivity index (χ0v) is 54.6. The van der Waals surface area contributed by atoms with E-state index in [2.05, 4.69) is 72.4 Å². The average Bonchev–Trinajstić information content (AvgIpc) is 1.00. The van der Waals surface area contributed by atoms with Crippen molar-refractivity contribution in [3.63, 3.8) is 0 Å². The highest BCUT2D eigenvalue weighted by atomic mass is 16.4. The summed E-state index contributed by atoms with van der Waals surface area (Å²) in [6.45, 7) is 24.4. The van der Waals surface area contributed by atoms with Crippen molar-refractivity contribution < 1.29 is 211 Å². The van der Waals surface area contributed by atoms with Gasteiger partial charge in [-0.3, -0.25) is 0 Å². The van der Waals surface area contributed by atoms with E-state index in [1.165, 1.54) is 0 Å². The van der Waals surface area contributed by atoms with Crippen LogP contribution in [0.1, 0.15) is 0 Å². The van der Waals surface area contributed by atoms with Crippen molar-refractivity contribution in [3.05, 3.63) is 139 Å². The van der Waals surface area contributed by atoms with Crippen LogP contribution in [0.3, 0.4) is 0 Å². The van der Waals surface area contributed by atoms with E-state index in [0.29, 0.717) is 0 Å². The number of carboxylic acids is 11. The fourth-order valence-corrected chi connectivity index (χ4v) is 1.50. The summed E-state index contributed by atoms with van der Waals surface area (Å²) in [5, 5.41) is 254. The molecule has 0 unspecified atom stereocenters. The number of aliphatic hydroxyl groups is 20. The molecule has 0 aliphatic carbocycles. The molecule has 0 bridgehead atoms. The first kappa shape index (κ1) is 131. The van der Waals surface area contributed by atoms with E-state index in [4.69, 9.17) is 158 Å². The van der Waals surface area contributed by atoms with Crippen LogP contribution in [0.5, 0.6) is 0 Å². The van der Waals surface area contributed by atoms with Crippen LogP contribution in [0.2, 0.25) is 0 Å². The molecule has 0 aromatic heterocycles. The molecule has 0 amide bonds. The molecule has 0 fully saturated rings. The Morgan fingerprint density at radius 1 is 0.150 bits per heavy atom. The van der Waals surface area contributed by atoms with E-state index in [9.17, 15) is 52.7 Å². The lowest BCUT2D eigenvalue weighted by atomic mass is 9.93. The van der Waals surface area contributed by atoms with Gasteiger partial charge in [-0.1, -0.05) is 72.4 Å². The maximum absolute atomic E-state index is 9.25. The second kappa shape index (κ2) is 98.2. The highest BCUT2D eigenvalue weighted by Crippen LogP contribution is 2.14. The van der Waals surface area contributed by atoms with Crippen molar-refractivity contribution in [1.82, 2.24) is 0 Å². The molecule has 42 heteroatoms. The van der Waals surface area contributed by atoms with E-state index in [1.54, 1.807) is 0 Å². The van der Waals surface area contributed by atoms with Crippen molar-refractivity contribution in [2.24, 2.45) is 27.1 Å². The topological polar surface area (TPSA) is 815 Å². The van der Waals surface area contributed by atoms with Gasteiger partial charge in [0, 0.05) is 66.8 Å². The Kier molecular flexibility index (Phi) is 128. The molecule has 588 valence electrons. The smallest absolute Gasteiger partial charge is 0.327 e. The summed E-state index contributed by atoms with van der Waals surface area (Å²) >= 11 is 0. The average molecular weight is 1470 g/mol. The van der Waals surface area contributed by atoms with Gasteiger partial charge < -0.3 is 158 Å². The van der Waals surface area contributed by atoms with Gasteiger partial charge in [0.1, 0.15) is 0 Å². The first-order valence-electron chi connectivity index (χ1n) is 25.8. The van der Waals surface area contributed by atoms with Crippen LogP contribution in [0.4, 0.5) is 0 Å². The van der Waals surface area contributed by atoms with Crippen molar-refractivity contribution in [1.29, 1.82) is 0 Å². The Labute approximate surface area is 573 Å². The van der Waals surface area contributed by atoms with Gasteiger partial charge in [0.2, 0.25) is 0 Å². The van der Waals surface area contributed by atoms with Crippen LogP contribution >= 0.6 is 0 Å². The maximum Gasteiger partial charge on any atom is 0.327 e. The van der Waals surface area contributed by atoms with Crippen LogP contribution < -0.4 is 0 Å². The standard InChI is InChI=1S/5C5H12O4.11C3H4O2/c5*6-1-5(2-7,3-8)4-9;11*1-2-3(4)5/h5*6-9H,1-4H2;11*2H,1H2,(H,4,5). The number of rotatable bonds is 31. The molecule has 0 rings (SSSR count). The van der Waals surface area contributed by atoms with Crippen LogP contribution in [-0.4, -0.2) is 356 Å². The van der Waals surface area contributed by atoms with Crippen molar-refractivity contribution in [2.75, 3.05) is 132 Å². The first-order chi connectivity index (χ1) is 46.2. The number of hydrogen-bond donors (Lipinski definition) is 31. The van der Waals surface area contributed by atoms with Crippen LogP contribution in [0, 0.1) is 27.1 Å². The van der Waals surface area contributed by atoms with E-state index in [0.717, 1.165) is 66.8 Å². The Morgan fingerprint density at radius 2 is 0.180 bits per heavy atom. The fourth-order valence-electron chi connectivity index (χ4n) is 1.50. The van der Waals surface area contributed by atoms with Crippen LogP contribution in [0.25, 0.3) is 0 Å². The lowest BCUT2D eigenvalue weighted by Gasteiger charge is -2.23. The molecular formula is C58H104O42. The number of carboxylic acid groups (broad SMARTS) is 11. The summed E-state index contributed by atoms with van der Waals surface area (Å²) in [4.78, 5) is 102. The third-order valence-electron chi connectivity index (χ3n) is 8.63. The lowest BCUT2D eigenvalue weighted by Crippen LogP contribution is -2.37. The van der Waals surface area contributed by atoms with E-state index < -0.39 is 225 Å². The zero-order valence-electron chi connectivity index (χ0n) is 54.6. The van der Waals surface area contributed by atoms with Crippen molar-refractivity contribution in [2.45, 2.75) is 0 Å². The quantitative estimate of drug-likeness (QED) is 0.0287. The molecule has 0 spiro atoms. The van der Waals surface area contributed by atoms with Gasteiger partial charge in [-0.15, -0.1) is 0 Å². The molecule has 0 heterocycles. The molecule has 0 aromatic carbocycles. The molecule has 0 aliphatic rings. The summed E-state index contributed by atoms with van der Waals surface area (Å²) in [5.41, 5.74) is -5.56. The SMILES string of the molecule is C=CC(=O)O.C=CC(=O)O.C=CC(=O)O.C=CC(=O)O.C=CC(=O)O.C=CC(=O)O.C=CC(=O)O.C=CC(=O)O.C=CC(=O)O.C=CC(=O)O.C=CC(=O)O.OCC(CO)(CO)CO.OCC(CO)(CO)CO.OCC(CO)(CO)CO.OCC(CO)(CO)CO.OCC(CO)(CO)CO. The van der Waals surface area contributed by atoms with Gasteiger partial charge in [0.15, 0.2) is 0 Å². The molecule has 0 aliphatic heterocycles. The third-order valence-corrected chi connectivity index (χ3v) is 8.63. The Hall–Kier alpha value is -9.49. The predicted molar refractivity (Wildman–Crippen MR) is 350 cm³/mol. The van der Waals surface area contributed by atoms with Crippen molar-refractivity contribution >= 4 is 65.7 Å². The summed E-state index contributed by atoms with van der Waals surface area (Å²) in [6, 6.07) is 0. The van der Waals surface area contributed by atoms with Crippen LogP contribution in [0.15, 0.2) is 139 Å². The highest BCUT2D eigenvalue weighted by Gasteiger charge is 2.29. The van der Waals surface area contributed by atoms with Gasteiger partial charge in [-0.05, 0) is 0 Å². The van der Waals surface area contributed by atoms with Gasteiger partial charge in [0.25, 0.3) is 0 Å². The zero-order chi connectivity index (χ0) is 83.8. The largest absolute Gasteiger partial charge is 0.478 e. The van der Waals surface area contributed by atoms with Gasteiger partial charge in [-0.25, -0.2) is 52.7 Å². The lowest BCUT2D eigenvalue weighted by molar-refractivity contribution is -0.132. The van der Waals surface area contributed by atoms with Gasteiger partial charge >= 0.3 is 65.7 Å². The fraction of sp³-hybridized carbons (Fsp3) is 0.431. The molecule has 42 nitrogen and oxygen atoms in total. The molecule has 0 radical (unpaired) electrons. The highest BCUT2D eigenvalue weighted by molar-refractivity contribution is 5.81. The van der Waals surface area contributed by atoms with E-state index in [1.807, 2.05) is 0 Å². The third kappa shape index (κ3) is 129. The first-order valence-corrected chi connectivity index (χ1v) is 25.8. The van der Waals surface area contributed by atoms with Gasteiger partial charge in [0.05, 0.1) is 159 Å². The normalized spacial score (nSPS) is 8.92. The monoisotopic (exact) mass is 1470 g/mol. The number of aliphatic hydroxyl groups excluding tert-OH is 20. The van der Waals surface area contributed by atoms with Gasteiger partial charge in [-0.2, -0.15) is 0 Å². The Bertz CT molecular complexity index is 1610. The molecule has 31 N–H and O–H groups in total. The molecular weight excluding hydrogens is 1370 g/mol. The van der Waals surface area contributed by atoms with Crippen LogP contribution in [-0.2, 0) is 52.7 Å². The number of carbonyl (C=O) groups is 11. The molecule has 0 saturated heterocycles. The second-order valence-corrected chi connectivity index (χ2v) is 16.6. The van der Waals surface area contributed by atoms with E-state index in [-0.39, 0.29) is 0 Å². The Morgan fingerprint density at radius 3 is 0.180 bits per heavy atom. The van der Waals surface area contributed by atoms with E-state index >= 15 is 0 Å². The Balaban J connectivity index is -0.0000000542. The number of aliphatic carboxylic acids is 11. The summed E-state index contributed by atoms with van der Waals surface area (Å²) < 4.78 is 0. The molecule has 100 heavy (non-hydrogen) atoms. The number of hydrogen-bond acceptors (Lipinski definition) is 31. The molecule has 0 saturated carbocycles. The minimum absolute atomic E-state index is 0.406. The summed E-state index contributed by atoms with van der Waals surface area (Å²) in [6.07, 6.45) is 9.17. The summed E-state index contributed by atoms with van der Waals surface area (Å²) in [7, 11) is 0. The molecule has 0 atom stereocenters. The summed E-state index contributed by atoms with van der Waals surface area (Å²) in [5.74, 6) is -10.8. The minimum atomic E-state index is -1.11.